The molecule has 0 aliphatic rings. The van der Waals surface area contributed by atoms with Crippen LogP contribution in [-0.4, -0.2) is 10.3 Å². The normalized spacial score (nSPS) is 10.9. The van der Waals surface area contributed by atoms with Crippen LogP contribution in [0.3, 0.4) is 0 Å². The largest absolute Gasteiger partial charge is 0.367 e. The van der Waals surface area contributed by atoms with Crippen LogP contribution in [0.5, 0.6) is 0 Å². The van der Waals surface area contributed by atoms with Crippen molar-refractivity contribution >= 4 is 16.9 Å². The Bertz CT molecular complexity index is 612. The first-order valence-electron chi connectivity index (χ1n) is 4.40. The highest BCUT2D eigenvalue weighted by Crippen LogP contribution is 2.31. The molecular formula is C10H7N3O2. The lowest BCUT2D eigenvalue weighted by Gasteiger charge is -1.97. The Labute approximate surface area is 84.4 Å². The van der Waals surface area contributed by atoms with Crippen LogP contribution in [0.15, 0.2) is 39.6 Å². The van der Waals surface area contributed by atoms with Gasteiger partial charge in [-0.25, -0.2) is 0 Å². The lowest BCUT2D eigenvalue weighted by molar-refractivity contribution is 0.436. The maximum Gasteiger partial charge on any atom is 0.229 e. The van der Waals surface area contributed by atoms with Gasteiger partial charge in [-0.15, -0.1) is 0 Å². The number of hydrogen-bond acceptors (Lipinski definition) is 5. The van der Waals surface area contributed by atoms with Gasteiger partial charge in [-0.3, -0.25) is 0 Å². The van der Waals surface area contributed by atoms with E-state index < -0.39 is 0 Å². The average Bonchev–Trinajstić information content (AvgIpc) is 2.85. The first-order valence-corrected chi connectivity index (χ1v) is 4.40. The molecule has 5 nitrogen and oxygen atoms in total. The summed E-state index contributed by atoms with van der Waals surface area (Å²) in [4.78, 5) is 0. The molecule has 74 valence electrons. The van der Waals surface area contributed by atoms with Crippen molar-refractivity contribution < 1.29 is 9.05 Å². The van der Waals surface area contributed by atoms with Crippen molar-refractivity contribution in [2.75, 3.05) is 5.73 Å². The number of nitrogens with zero attached hydrogens (tertiary/aromatic N) is 2. The van der Waals surface area contributed by atoms with Crippen LogP contribution in [0, 0.1) is 0 Å². The van der Waals surface area contributed by atoms with Crippen LogP contribution in [-0.2, 0) is 0 Å². The Kier molecular flexibility index (Phi) is 1.53. The van der Waals surface area contributed by atoms with E-state index >= 15 is 0 Å². The average molecular weight is 201 g/mol. The fourth-order valence-corrected chi connectivity index (χ4v) is 1.58. The molecule has 0 atom stereocenters. The monoisotopic (exact) mass is 201 g/mol. The summed E-state index contributed by atoms with van der Waals surface area (Å²) in [6, 6.07) is 5.63. The molecular weight excluding hydrogens is 194 g/mol. The van der Waals surface area contributed by atoms with Crippen molar-refractivity contribution in [2.45, 2.75) is 0 Å². The Balaban J connectivity index is 2.36. The van der Waals surface area contributed by atoms with Crippen molar-refractivity contribution in [1.82, 2.24) is 10.3 Å². The third-order valence-electron chi connectivity index (χ3n) is 2.29. The van der Waals surface area contributed by atoms with Gasteiger partial charge in [0.1, 0.15) is 0 Å². The zero-order valence-corrected chi connectivity index (χ0v) is 7.68. The van der Waals surface area contributed by atoms with Gasteiger partial charge in [-0.1, -0.05) is 22.4 Å². The lowest BCUT2D eigenvalue weighted by Crippen LogP contribution is -1.84. The number of nitrogen functional groups attached to an aromatic ring is 1. The number of aromatic nitrogens is 2. The number of rotatable bonds is 1. The van der Waals surface area contributed by atoms with E-state index in [-0.39, 0.29) is 0 Å². The Hall–Kier alpha value is -2.30. The molecule has 0 fully saturated rings. The van der Waals surface area contributed by atoms with E-state index in [1.807, 2.05) is 18.2 Å². The van der Waals surface area contributed by atoms with E-state index in [4.69, 9.17) is 14.8 Å². The van der Waals surface area contributed by atoms with Gasteiger partial charge < -0.3 is 14.8 Å². The number of anilines is 1. The number of fused-ring (bicyclic) bond motifs is 1. The topological polar surface area (TPSA) is 78.1 Å². The van der Waals surface area contributed by atoms with Crippen LogP contribution in [0.1, 0.15) is 0 Å². The van der Waals surface area contributed by atoms with Gasteiger partial charge >= 0.3 is 0 Å². The van der Waals surface area contributed by atoms with Gasteiger partial charge in [0.25, 0.3) is 0 Å². The molecule has 0 bridgehead atoms. The van der Waals surface area contributed by atoms with E-state index in [0.717, 1.165) is 16.5 Å². The van der Waals surface area contributed by atoms with E-state index in [2.05, 4.69) is 10.3 Å². The summed E-state index contributed by atoms with van der Waals surface area (Å²) in [5, 5.41) is 8.27. The molecule has 3 aromatic rings. The highest BCUT2D eigenvalue weighted by molar-refractivity contribution is 5.95. The van der Waals surface area contributed by atoms with Crippen LogP contribution in [0.25, 0.3) is 22.1 Å². The molecule has 0 saturated heterocycles. The van der Waals surface area contributed by atoms with Gasteiger partial charge in [0.05, 0.1) is 18.0 Å². The zero-order chi connectivity index (χ0) is 10.3. The molecule has 2 heterocycles. The molecule has 0 amide bonds. The fraction of sp³-hybridized carbons (Fsp3) is 0. The van der Waals surface area contributed by atoms with Crippen molar-refractivity contribution in [3.05, 3.63) is 30.6 Å². The molecule has 0 aliphatic carbocycles. The molecule has 5 heteroatoms. The second-order valence-corrected chi connectivity index (χ2v) is 3.15. The van der Waals surface area contributed by atoms with Gasteiger partial charge in [-0.05, 0) is 6.07 Å². The van der Waals surface area contributed by atoms with Crippen LogP contribution >= 0.6 is 0 Å². The molecule has 15 heavy (non-hydrogen) atoms. The molecule has 0 unspecified atom stereocenters. The van der Waals surface area contributed by atoms with E-state index in [1.54, 1.807) is 12.4 Å². The third-order valence-corrected chi connectivity index (χ3v) is 2.29. The minimum Gasteiger partial charge on any atom is -0.367 e. The Morgan fingerprint density at radius 2 is 1.87 bits per heavy atom. The molecule has 2 N–H and O–H groups in total. The minimum absolute atomic E-state index is 0.295. The van der Waals surface area contributed by atoms with Crippen LogP contribution in [0.4, 0.5) is 5.88 Å². The zero-order valence-electron chi connectivity index (χ0n) is 7.68. The van der Waals surface area contributed by atoms with E-state index in [0.29, 0.717) is 11.5 Å². The predicted octanol–water partition coefficient (Wildman–Crippen LogP) is 2.06. The summed E-state index contributed by atoms with van der Waals surface area (Å²) in [5.74, 6) is 0.295. The summed E-state index contributed by atoms with van der Waals surface area (Å²) < 4.78 is 9.88. The van der Waals surface area contributed by atoms with Gasteiger partial charge in [-0.2, -0.15) is 0 Å². The molecule has 1 aromatic carbocycles. The van der Waals surface area contributed by atoms with Gasteiger partial charge in [0.15, 0.2) is 5.58 Å². The second-order valence-electron chi connectivity index (χ2n) is 3.15. The van der Waals surface area contributed by atoms with Gasteiger partial charge in [0.2, 0.25) is 5.88 Å². The predicted molar refractivity (Wildman–Crippen MR) is 53.9 cm³/mol. The molecule has 0 saturated carbocycles. The maximum absolute atomic E-state index is 5.65. The molecule has 0 aliphatic heterocycles. The SMILES string of the molecule is Nc1oncc1-c1cccc2oncc12. The fourth-order valence-electron chi connectivity index (χ4n) is 1.58. The van der Waals surface area contributed by atoms with Gasteiger partial charge in [0, 0.05) is 10.9 Å². The first-order chi connectivity index (χ1) is 7.36. The quantitative estimate of drug-likeness (QED) is 0.651. The first kappa shape index (κ1) is 8.05. The van der Waals surface area contributed by atoms with Crippen LogP contribution < -0.4 is 5.73 Å². The highest BCUT2D eigenvalue weighted by atomic mass is 16.5. The number of nitrogens with two attached hydrogens (primary N) is 1. The van der Waals surface area contributed by atoms with Crippen molar-refractivity contribution in [1.29, 1.82) is 0 Å². The summed E-state index contributed by atoms with van der Waals surface area (Å²) in [7, 11) is 0. The number of benzene rings is 1. The summed E-state index contributed by atoms with van der Waals surface area (Å²) >= 11 is 0. The second kappa shape index (κ2) is 2.84. The Morgan fingerprint density at radius 3 is 2.67 bits per heavy atom. The summed E-state index contributed by atoms with van der Waals surface area (Å²) in [6.45, 7) is 0. The van der Waals surface area contributed by atoms with Crippen molar-refractivity contribution in [3.63, 3.8) is 0 Å². The Morgan fingerprint density at radius 1 is 1.00 bits per heavy atom. The third kappa shape index (κ3) is 1.10. The molecule has 0 radical (unpaired) electrons. The molecule has 2 aromatic heterocycles. The lowest BCUT2D eigenvalue weighted by atomic mass is 10.1. The molecule has 0 spiro atoms. The van der Waals surface area contributed by atoms with Crippen molar-refractivity contribution in [3.8, 4) is 11.1 Å². The highest BCUT2D eigenvalue weighted by Gasteiger charge is 2.11. The van der Waals surface area contributed by atoms with E-state index in [9.17, 15) is 0 Å². The van der Waals surface area contributed by atoms with Crippen molar-refractivity contribution in [2.24, 2.45) is 0 Å². The van der Waals surface area contributed by atoms with E-state index in [1.165, 1.54) is 0 Å². The number of hydrogen-bond donors (Lipinski definition) is 1. The standard InChI is InChI=1S/C10H7N3O2/c11-10-8(5-13-15-10)6-2-1-3-9-7(6)4-12-14-9/h1-5H,11H2. The smallest absolute Gasteiger partial charge is 0.229 e. The minimum atomic E-state index is 0.295. The van der Waals surface area contributed by atoms with Crippen LogP contribution in [0.2, 0.25) is 0 Å². The summed E-state index contributed by atoms with van der Waals surface area (Å²) in [5.41, 5.74) is 8.03. The summed E-state index contributed by atoms with van der Waals surface area (Å²) in [6.07, 6.45) is 3.23. The molecule has 3 rings (SSSR count). The maximum atomic E-state index is 5.65.